The first-order valence-electron chi connectivity index (χ1n) is 7.94. The zero-order valence-corrected chi connectivity index (χ0v) is 16.2. The lowest BCUT2D eigenvalue weighted by Crippen LogP contribution is -2.17. The van der Waals surface area contributed by atoms with Crippen molar-refractivity contribution in [3.05, 3.63) is 44.7 Å². The highest BCUT2D eigenvalue weighted by Gasteiger charge is 2.14. The molecule has 5 nitrogen and oxygen atoms in total. The Morgan fingerprint density at radius 3 is 3.00 bits per heavy atom. The highest BCUT2D eigenvalue weighted by molar-refractivity contribution is 9.10. The van der Waals surface area contributed by atoms with E-state index in [0.717, 1.165) is 52.4 Å². The molecule has 0 aliphatic rings. The maximum atomic E-state index is 13.4. The topological polar surface area (TPSA) is 65.6 Å². The number of anilines is 1. The average molecular weight is 424 g/mol. The molecule has 0 spiro atoms. The van der Waals surface area contributed by atoms with Crippen LogP contribution in [-0.4, -0.2) is 28.0 Å². The Hall–Kier alpha value is -1.77. The predicted molar refractivity (Wildman–Crippen MR) is 106 cm³/mol. The molecular formula is C17H19BrFN5S. The predicted octanol–water partition coefficient (Wildman–Crippen LogP) is 4.62. The van der Waals surface area contributed by atoms with Crippen LogP contribution in [-0.2, 0) is 6.54 Å². The highest BCUT2D eigenvalue weighted by atomic mass is 79.9. The Labute approximate surface area is 157 Å². The standard InChI is InChI=1S/C17H19BrFN5S/c1-10-13(25-15(11(2)19)14(10)18)9-20-6-4-8-22-17-23-12-5-3-7-21-16(12)24-17/h3,5,7,20H,2,4,6,8-9H2,1H3,(H2,21,22,23,24). The molecule has 3 aromatic rings. The molecule has 0 amide bonds. The van der Waals surface area contributed by atoms with Crippen molar-refractivity contribution < 1.29 is 4.39 Å². The van der Waals surface area contributed by atoms with Gasteiger partial charge in [-0.25, -0.2) is 9.37 Å². The molecule has 0 aliphatic carbocycles. The van der Waals surface area contributed by atoms with E-state index >= 15 is 0 Å². The number of aromatic nitrogens is 3. The van der Waals surface area contributed by atoms with Crippen molar-refractivity contribution in [2.45, 2.75) is 19.9 Å². The van der Waals surface area contributed by atoms with Crippen LogP contribution >= 0.6 is 27.3 Å². The van der Waals surface area contributed by atoms with E-state index < -0.39 is 5.83 Å². The Morgan fingerprint density at radius 2 is 2.28 bits per heavy atom. The van der Waals surface area contributed by atoms with Crippen LogP contribution in [0.1, 0.15) is 21.7 Å². The van der Waals surface area contributed by atoms with Gasteiger partial charge < -0.3 is 15.6 Å². The summed E-state index contributed by atoms with van der Waals surface area (Å²) in [5.41, 5.74) is 2.71. The molecule has 132 valence electrons. The first-order valence-corrected chi connectivity index (χ1v) is 9.55. The third-order valence-electron chi connectivity index (χ3n) is 3.78. The summed E-state index contributed by atoms with van der Waals surface area (Å²) in [5.74, 6) is 0.341. The van der Waals surface area contributed by atoms with Gasteiger partial charge in [0.2, 0.25) is 5.95 Å². The molecule has 3 heterocycles. The minimum absolute atomic E-state index is 0.393. The molecule has 0 bridgehead atoms. The average Bonchev–Trinajstić information content (AvgIpc) is 3.13. The van der Waals surface area contributed by atoms with Crippen molar-refractivity contribution in [3.8, 4) is 0 Å². The summed E-state index contributed by atoms with van der Waals surface area (Å²) in [4.78, 5) is 13.5. The zero-order valence-electron chi connectivity index (χ0n) is 13.8. The van der Waals surface area contributed by atoms with Crippen LogP contribution < -0.4 is 10.6 Å². The monoisotopic (exact) mass is 423 g/mol. The van der Waals surface area contributed by atoms with Gasteiger partial charge in [-0.15, -0.1) is 11.3 Å². The van der Waals surface area contributed by atoms with Gasteiger partial charge in [0.15, 0.2) is 5.65 Å². The Balaban J connectivity index is 1.42. The lowest BCUT2D eigenvalue weighted by molar-refractivity contribution is 0.666. The van der Waals surface area contributed by atoms with Crippen LogP contribution in [0.25, 0.3) is 17.0 Å². The van der Waals surface area contributed by atoms with Crippen molar-refractivity contribution in [2.24, 2.45) is 0 Å². The number of hydrogen-bond donors (Lipinski definition) is 3. The summed E-state index contributed by atoms with van der Waals surface area (Å²) < 4.78 is 14.2. The largest absolute Gasteiger partial charge is 0.356 e. The van der Waals surface area contributed by atoms with E-state index in [2.05, 4.69) is 48.1 Å². The number of H-pyrrole nitrogens is 1. The SMILES string of the molecule is C=C(F)c1sc(CNCCCNc2nc3ncccc3[nH]2)c(C)c1Br. The number of hydrogen-bond acceptors (Lipinski definition) is 5. The maximum Gasteiger partial charge on any atom is 0.202 e. The van der Waals surface area contributed by atoms with Gasteiger partial charge in [-0.05, 0) is 53.5 Å². The van der Waals surface area contributed by atoms with E-state index in [0.29, 0.717) is 10.5 Å². The van der Waals surface area contributed by atoms with Crippen molar-refractivity contribution in [1.82, 2.24) is 20.3 Å². The Kier molecular flexibility index (Phi) is 5.82. The molecule has 0 saturated heterocycles. The van der Waals surface area contributed by atoms with Gasteiger partial charge in [-0.2, -0.15) is 4.98 Å². The van der Waals surface area contributed by atoms with Crippen molar-refractivity contribution in [1.29, 1.82) is 0 Å². The van der Waals surface area contributed by atoms with Crippen molar-refractivity contribution >= 4 is 50.2 Å². The third-order valence-corrected chi connectivity index (χ3v) is 6.36. The number of thiophene rings is 1. The van der Waals surface area contributed by atoms with E-state index in [1.165, 1.54) is 11.3 Å². The Bertz CT molecular complexity index is 855. The molecule has 3 N–H and O–H groups in total. The quantitative estimate of drug-likeness (QED) is 0.462. The van der Waals surface area contributed by atoms with Crippen molar-refractivity contribution in [2.75, 3.05) is 18.4 Å². The molecule has 0 saturated carbocycles. The Morgan fingerprint density at radius 1 is 1.44 bits per heavy atom. The van der Waals surface area contributed by atoms with Gasteiger partial charge in [0, 0.05) is 28.6 Å². The van der Waals surface area contributed by atoms with Crippen LogP contribution in [0, 0.1) is 6.92 Å². The first kappa shape index (κ1) is 18.0. The molecule has 3 rings (SSSR count). The fourth-order valence-electron chi connectivity index (χ4n) is 2.43. The van der Waals surface area contributed by atoms with Crippen LogP contribution in [0.2, 0.25) is 0 Å². The van der Waals surface area contributed by atoms with Crippen molar-refractivity contribution in [3.63, 3.8) is 0 Å². The van der Waals surface area contributed by atoms with E-state index in [1.807, 2.05) is 19.1 Å². The van der Waals surface area contributed by atoms with Gasteiger partial charge >= 0.3 is 0 Å². The zero-order chi connectivity index (χ0) is 17.8. The third kappa shape index (κ3) is 4.26. The molecule has 0 radical (unpaired) electrons. The fourth-order valence-corrected chi connectivity index (χ4v) is 4.29. The van der Waals surface area contributed by atoms with Crippen LogP contribution in [0.15, 0.2) is 29.4 Å². The summed E-state index contributed by atoms with van der Waals surface area (Å²) in [7, 11) is 0. The normalized spacial score (nSPS) is 11.2. The lowest BCUT2D eigenvalue weighted by Gasteiger charge is -2.05. The smallest absolute Gasteiger partial charge is 0.202 e. The summed E-state index contributed by atoms with van der Waals surface area (Å²) in [6, 6.07) is 3.83. The number of halogens is 2. The summed E-state index contributed by atoms with van der Waals surface area (Å²) in [6.45, 7) is 7.74. The lowest BCUT2D eigenvalue weighted by atomic mass is 10.2. The number of nitrogens with one attached hydrogen (secondary N) is 3. The van der Waals surface area contributed by atoms with Gasteiger partial charge in [-0.1, -0.05) is 6.58 Å². The van der Waals surface area contributed by atoms with Crippen LogP contribution in [0.3, 0.4) is 0 Å². The number of rotatable bonds is 8. The molecule has 3 aromatic heterocycles. The van der Waals surface area contributed by atoms with E-state index in [9.17, 15) is 4.39 Å². The maximum absolute atomic E-state index is 13.4. The number of aromatic amines is 1. The number of pyridine rings is 1. The number of nitrogens with zero attached hydrogens (tertiary/aromatic N) is 2. The minimum atomic E-state index is -0.393. The molecule has 8 heteroatoms. The van der Waals surface area contributed by atoms with Crippen LogP contribution in [0.4, 0.5) is 10.3 Å². The first-order chi connectivity index (χ1) is 12.1. The molecular weight excluding hydrogens is 405 g/mol. The van der Waals surface area contributed by atoms with E-state index in [4.69, 9.17) is 0 Å². The molecule has 0 aromatic carbocycles. The van der Waals surface area contributed by atoms with Gasteiger partial charge in [0.25, 0.3) is 0 Å². The minimum Gasteiger partial charge on any atom is -0.356 e. The second-order valence-corrected chi connectivity index (χ2v) is 7.51. The highest BCUT2D eigenvalue weighted by Crippen LogP contribution is 2.37. The molecule has 0 atom stereocenters. The van der Waals surface area contributed by atoms with E-state index in [1.54, 1.807) is 6.20 Å². The second-order valence-electron chi connectivity index (χ2n) is 5.62. The molecule has 0 unspecified atom stereocenters. The molecule has 25 heavy (non-hydrogen) atoms. The van der Waals surface area contributed by atoms with Crippen LogP contribution in [0.5, 0.6) is 0 Å². The number of fused-ring (bicyclic) bond motifs is 1. The fraction of sp³-hybridized carbons (Fsp3) is 0.294. The number of imidazole rings is 1. The van der Waals surface area contributed by atoms with Gasteiger partial charge in [-0.3, -0.25) is 0 Å². The summed E-state index contributed by atoms with van der Waals surface area (Å²) >= 11 is 4.87. The second kappa shape index (κ2) is 8.07. The summed E-state index contributed by atoms with van der Waals surface area (Å²) in [6.07, 6.45) is 2.67. The van der Waals surface area contributed by atoms with E-state index in [-0.39, 0.29) is 0 Å². The van der Waals surface area contributed by atoms with Gasteiger partial charge in [0.05, 0.1) is 10.4 Å². The molecule has 0 aliphatic heterocycles. The molecule has 0 fully saturated rings. The van der Waals surface area contributed by atoms with Gasteiger partial charge in [0.1, 0.15) is 5.83 Å². The summed E-state index contributed by atoms with van der Waals surface area (Å²) in [5, 5.41) is 6.65.